The number of aryl methyl sites for hydroxylation is 1. The second-order valence-electron chi connectivity index (χ2n) is 7.27. The zero-order valence-electron chi connectivity index (χ0n) is 16.9. The van der Waals surface area contributed by atoms with Crippen LogP contribution in [0.15, 0.2) is 4.99 Å². The first kappa shape index (κ1) is 20.3. The molecule has 0 saturated carbocycles. The minimum absolute atomic E-state index is 0.579. The number of hydrogen-bond donors (Lipinski definition) is 1. The number of nitrogens with zero attached hydrogens (tertiary/aromatic N) is 6. The average molecular weight is 396 g/mol. The van der Waals surface area contributed by atoms with Crippen molar-refractivity contribution in [1.29, 1.82) is 0 Å². The van der Waals surface area contributed by atoms with E-state index < -0.39 is 0 Å². The highest BCUT2D eigenvalue weighted by Crippen LogP contribution is 2.19. The molecule has 0 radical (unpaired) electrons. The summed E-state index contributed by atoms with van der Waals surface area (Å²) in [5.74, 6) is 2.54. The molecule has 0 bridgehead atoms. The molecule has 2 saturated heterocycles. The highest BCUT2D eigenvalue weighted by atomic mass is 32.1. The van der Waals surface area contributed by atoms with E-state index >= 15 is 0 Å². The van der Waals surface area contributed by atoms with E-state index in [0.29, 0.717) is 5.92 Å². The van der Waals surface area contributed by atoms with Gasteiger partial charge < -0.3 is 19.9 Å². The van der Waals surface area contributed by atoms with Gasteiger partial charge in [0.25, 0.3) is 0 Å². The third-order valence-electron chi connectivity index (χ3n) is 5.12. The standard InChI is InChI=1S/C18H33N7OS/c1-4-16-21-18(27-22-16)25-7-5-24(6-8-25)17(19-3)20-13-15(2)14-23-9-11-26-12-10-23/h15H,4-14H2,1-3H3,(H,19,20). The van der Waals surface area contributed by atoms with Crippen molar-refractivity contribution in [1.82, 2.24) is 24.5 Å². The van der Waals surface area contributed by atoms with E-state index in [-0.39, 0.29) is 0 Å². The summed E-state index contributed by atoms with van der Waals surface area (Å²) < 4.78 is 9.83. The lowest BCUT2D eigenvalue weighted by molar-refractivity contribution is 0.0320. The predicted octanol–water partition coefficient (Wildman–Crippen LogP) is 0.766. The van der Waals surface area contributed by atoms with Crippen LogP contribution in [0.5, 0.6) is 0 Å². The van der Waals surface area contributed by atoms with Gasteiger partial charge in [-0.3, -0.25) is 9.89 Å². The summed E-state index contributed by atoms with van der Waals surface area (Å²) in [6.45, 7) is 14.1. The molecule has 0 aromatic carbocycles. The molecule has 0 spiro atoms. The molecular formula is C18H33N7OS. The highest BCUT2D eigenvalue weighted by molar-refractivity contribution is 7.09. The van der Waals surface area contributed by atoms with Crippen LogP contribution in [0.2, 0.25) is 0 Å². The Kier molecular flexibility index (Phi) is 7.66. The van der Waals surface area contributed by atoms with E-state index in [0.717, 1.165) is 88.9 Å². The normalized spacial score (nSPS) is 20.8. The summed E-state index contributed by atoms with van der Waals surface area (Å²) >= 11 is 1.51. The summed E-state index contributed by atoms with van der Waals surface area (Å²) in [4.78, 5) is 16.3. The van der Waals surface area contributed by atoms with Crippen LogP contribution >= 0.6 is 11.5 Å². The average Bonchev–Trinajstić information content (AvgIpc) is 3.19. The summed E-state index contributed by atoms with van der Waals surface area (Å²) in [6, 6.07) is 0. The fourth-order valence-electron chi connectivity index (χ4n) is 3.51. The Bertz CT molecular complexity index is 594. The van der Waals surface area contributed by atoms with Crippen LogP contribution in [0.3, 0.4) is 0 Å². The fraction of sp³-hybridized carbons (Fsp3) is 0.833. The zero-order valence-corrected chi connectivity index (χ0v) is 17.7. The third kappa shape index (κ3) is 5.76. The van der Waals surface area contributed by atoms with Gasteiger partial charge in [0.15, 0.2) is 5.96 Å². The third-order valence-corrected chi connectivity index (χ3v) is 5.93. The van der Waals surface area contributed by atoms with Crippen molar-refractivity contribution >= 4 is 22.6 Å². The van der Waals surface area contributed by atoms with E-state index in [1.165, 1.54) is 11.5 Å². The van der Waals surface area contributed by atoms with Crippen molar-refractivity contribution in [3.8, 4) is 0 Å². The first-order valence-electron chi connectivity index (χ1n) is 10.0. The van der Waals surface area contributed by atoms with Gasteiger partial charge in [0.1, 0.15) is 5.82 Å². The smallest absolute Gasteiger partial charge is 0.205 e. The van der Waals surface area contributed by atoms with Gasteiger partial charge in [-0.05, 0) is 5.92 Å². The Morgan fingerprint density at radius 1 is 1.22 bits per heavy atom. The lowest BCUT2D eigenvalue weighted by Crippen LogP contribution is -2.53. The number of guanidine groups is 1. The van der Waals surface area contributed by atoms with Crippen molar-refractivity contribution in [3.05, 3.63) is 5.82 Å². The van der Waals surface area contributed by atoms with Crippen LogP contribution in [0.25, 0.3) is 0 Å². The van der Waals surface area contributed by atoms with Crippen LogP contribution in [0, 0.1) is 5.92 Å². The molecule has 1 N–H and O–H groups in total. The SMILES string of the molecule is CCc1nsc(N2CCN(C(=NC)NCC(C)CN3CCOCC3)CC2)n1. The topological polar surface area (TPSA) is 69.1 Å². The molecule has 2 aliphatic heterocycles. The molecule has 1 atom stereocenters. The molecule has 0 aliphatic carbocycles. The van der Waals surface area contributed by atoms with Gasteiger partial charge in [0.2, 0.25) is 5.13 Å². The molecule has 2 aliphatic rings. The van der Waals surface area contributed by atoms with Crippen molar-refractivity contribution in [3.63, 3.8) is 0 Å². The van der Waals surface area contributed by atoms with E-state index in [1.807, 2.05) is 7.05 Å². The summed E-state index contributed by atoms with van der Waals surface area (Å²) in [7, 11) is 1.87. The highest BCUT2D eigenvalue weighted by Gasteiger charge is 2.22. The fourth-order valence-corrected chi connectivity index (χ4v) is 4.31. The summed E-state index contributed by atoms with van der Waals surface area (Å²) in [5, 5.41) is 4.62. The minimum atomic E-state index is 0.579. The Morgan fingerprint density at radius 2 is 1.96 bits per heavy atom. The van der Waals surface area contributed by atoms with Gasteiger partial charge in [-0.1, -0.05) is 13.8 Å². The molecule has 3 rings (SSSR count). The maximum absolute atomic E-state index is 5.43. The molecule has 152 valence electrons. The number of hydrogen-bond acceptors (Lipinski definition) is 7. The summed E-state index contributed by atoms with van der Waals surface area (Å²) in [6.07, 6.45) is 0.898. The zero-order chi connectivity index (χ0) is 19.1. The van der Waals surface area contributed by atoms with E-state index in [4.69, 9.17) is 4.74 Å². The Labute approximate surface area is 166 Å². The monoisotopic (exact) mass is 395 g/mol. The maximum Gasteiger partial charge on any atom is 0.205 e. The minimum Gasteiger partial charge on any atom is -0.379 e. The maximum atomic E-state index is 5.43. The lowest BCUT2D eigenvalue weighted by Gasteiger charge is -2.36. The van der Waals surface area contributed by atoms with Crippen molar-refractivity contribution in [2.45, 2.75) is 20.3 Å². The molecule has 0 amide bonds. The van der Waals surface area contributed by atoms with Gasteiger partial charge >= 0.3 is 0 Å². The quantitative estimate of drug-likeness (QED) is 0.563. The number of nitrogens with one attached hydrogen (secondary N) is 1. The van der Waals surface area contributed by atoms with Crippen LogP contribution in [-0.2, 0) is 11.2 Å². The van der Waals surface area contributed by atoms with E-state index in [9.17, 15) is 0 Å². The number of piperazine rings is 1. The summed E-state index contributed by atoms with van der Waals surface area (Å²) in [5.41, 5.74) is 0. The van der Waals surface area contributed by atoms with Crippen LogP contribution in [-0.4, -0.2) is 97.7 Å². The Morgan fingerprint density at radius 3 is 2.59 bits per heavy atom. The second kappa shape index (κ2) is 10.2. The molecule has 1 aromatic heterocycles. The van der Waals surface area contributed by atoms with E-state index in [1.54, 1.807) is 0 Å². The van der Waals surface area contributed by atoms with Crippen LogP contribution in [0.4, 0.5) is 5.13 Å². The molecule has 27 heavy (non-hydrogen) atoms. The largest absolute Gasteiger partial charge is 0.379 e. The van der Waals surface area contributed by atoms with Gasteiger partial charge in [0, 0.05) is 77.4 Å². The number of aliphatic imine (C=N–C) groups is 1. The second-order valence-corrected chi connectivity index (χ2v) is 8.00. The Hall–Kier alpha value is -1.45. The molecule has 2 fully saturated rings. The molecule has 9 heteroatoms. The number of ether oxygens (including phenoxy) is 1. The van der Waals surface area contributed by atoms with E-state index in [2.05, 4.69) is 48.2 Å². The number of anilines is 1. The number of aromatic nitrogens is 2. The first-order chi connectivity index (χ1) is 13.2. The van der Waals surface area contributed by atoms with Crippen LogP contribution in [0.1, 0.15) is 19.7 Å². The van der Waals surface area contributed by atoms with Crippen molar-refractivity contribution < 1.29 is 4.74 Å². The van der Waals surface area contributed by atoms with Crippen molar-refractivity contribution in [2.24, 2.45) is 10.9 Å². The number of morpholine rings is 1. The molecular weight excluding hydrogens is 362 g/mol. The number of rotatable bonds is 6. The predicted molar refractivity (Wildman–Crippen MR) is 111 cm³/mol. The molecule has 1 aromatic rings. The first-order valence-corrected chi connectivity index (χ1v) is 10.8. The van der Waals surface area contributed by atoms with Crippen molar-refractivity contribution in [2.75, 3.05) is 77.5 Å². The molecule has 8 nitrogen and oxygen atoms in total. The molecule has 1 unspecified atom stereocenters. The van der Waals surface area contributed by atoms with Gasteiger partial charge in [-0.2, -0.15) is 4.37 Å². The van der Waals surface area contributed by atoms with Gasteiger partial charge in [0.05, 0.1) is 13.2 Å². The van der Waals surface area contributed by atoms with Gasteiger partial charge in [-0.25, -0.2) is 4.98 Å². The lowest BCUT2D eigenvalue weighted by atomic mass is 10.1. The van der Waals surface area contributed by atoms with Crippen LogP contribution < -0.4 is 10.2 Å². The molecule has 3 heterocycles. The van der Waals surface area contributed by atoms with Gasteiger partial charge in [-0.15, -0.1) is 0 Å². The Balaban J connectivity index is 1.41.